The van der Waals surface area contributed by atoms with Crippen LogP contribution in [0.3, 0.4) is 0 Å². The first-order valence-corrected chi connectivity index (χ1v) is 38.6. The number of hydrogen-bond acceptors (Lipinski definition) is 7. The second kappa shape index (κ2) is 74.7. The molecule has 0 aliphatic rings. The molecule has 0 spiro atoms. The topological polar surface area (TPSA) is 108 Å². The van der Waals surface area contributed by atoms with Gasteiger partial charge in [-0.3, -0.25) is 9.59 Å². The lowest BCUT2D eigenvalue weighted by Crippen LogP contribution is -2.40. The summed E-state index contributed by atoms with van der Waals surface area (Å²) in [5.41, 5.74) is 0. The SMILES string of the molecule is CC/C=C\C/C=C\C/C=C\C/C=C\C/C=C\C/C=C\C/C=C\CCCCCCCCCCCCCCCC(=O)OC(COC(=O)CCCCCCCCCCCCCCCCCC/C=C\C/C=C\C/C=C\C/C=C\C/C=C\C/C=C\CC)COC(OCC[N+](C)(C)C)C(=O)O. The molecule has 95 heavy (non-hydrogen) atoms. The minimum atomic E-state index is -1.52. The van der Waals surface area contributed by atoms with E-state index >= 15 is 0 Å². The average Bonchev–Trinajstić information content (AvgIpc) is 3.58. The predicted octanol–water partition coefficient (Wildman–Crippen LogP) is 24.8. The minimum Gasteiger partial charge on any atom is -0.477 e. The van der Waals surface area contributed by atoms with Crippen molar-refractivity contribution in [3.05, 3.63) is 158 Å². The number of allylic oxidation sites excluding steroid dienone is 26. The standard InChI is InChI=1S/C86H143NO8/c1-6-8-10-12-14-16-18-20-22-24-26-28-30-32-34-36-38-40-42-44-46-48-50-52-54-56-58-60-62-64-66-68-70-72-74-76-83(88)93-80-82(81-94-86(85(90)91)92-79-78-87(3,4)5)95-84(89)77-75-73-71-69-67-65-63-61-59-57-55-53-51-49-47-45-43-41-39-37-35-33-31-29-27-25-23-21-19-17-15-13-11-9-7-2/h8-11,14-17,20-23,26-29,32-35,38-41,45,47,82,86H,6-7,12-13,18-19,24-25,30-31,36-37,42-44,46,48-81H2,1-5H3/p+1/b10-8-,11-9-,16-14-,17-15-,22-20-,23-21-,28-26-,29-27-,34-32-,35-33-,40-38-,41-39-,47-45-. The van der Waals surface area contributed by atoms with Crippen LogP contribution in [0, 0.1) is 0 Å². The van der Waals surface area contributed by atoms with Gasteiger partial charge in [0.15, 0.2) is 6.10 Å². The number of carbonyl (C=O) groups excluding carboxylic acids is 2. The number of likely N-dealkylation sites (N-methyl/N-ethyl adjacent to an activating group) is 1. The van der Waals surface area contributed by atoms with Crippen LogP contribution < -0.4 is 0 Å². The Morgan fingerprint density at radius 3 is 0.842 bits per heavy atom. The van der Waals surface area contributed by atoms with Crippen molar-refractivity contribution >= 4 is 17.9 Å². The van der Waals surface area contributed by atoms with E-state index in [-0.39, 0.29) is 32.2 Å². The number of carbonyl (C=O) groups is 3. The first-order valence-electron chi connectivity index (χ1n) is 38.6. The maximum Gasteiger partial charge on any atom is 0.361 e. The van der Waals surface area contributed by atoms with Crippen LogP contribution in [0.15, 0.2) is 158 Å². The van der Waals surface area contributed by atoms with Gasteiger partial charge in [0.25, 0.3) is 6.29 Å². The highest BCUT2D eigenvalue weighted by atomic mass is 16.7. The molecule has 2 atom stereocenters. The molecule has 1 N–H and O–H groups in total. The van der Waals surface area contributed by atoms with Crippen molar-refractivity contribution in [3.8, 4) is 0 Å². The summed E-state index contributed by atoms with van der Waals surface area (Å²) in [4.78, 5) is 37.7. The second-order valence-electron chi connectivity index (χ2n) is 26.6. The molecule has 0 aromatic rings. The first-order chi connectivity index (χ1) is 46.6. The molecule has 0 aliphatic heterocycles. The zero-order valence-corrected chi connectivity index (χ0v) is 61.8. The van der Waals surface area contributed by atoms with Crippen molar-refractivity contribution in [2.45, 2.75) is 322 Å². The maximum atomic E-state index is 13.0. The highest BCUT2D eigenvalue weighted by Crippen LogP contribution is 2.18. The van der Waals surface area contributed by atoms with Gasteiger partial charge in [-0.25, -0.2) is 4.79 Å². The van der Waals surface area contributed by atoms with Gasteiger partial charge in [-0.15, -0.1) is 0 Å². The number of hydrogen-bond donors (Lipinski definition) is 1. The van der Waals surface area contributed by atoms with Gasteiger partial charge >= 0.3 is 17.9 Å². The lowest BCUT2D eigenvalue weighted by Gasteiger charge is -2.25. The third kappa shape index (κ3) is 76.1. The molecule has 0 aromatic heterocycles. The Morgan fingerprint density at radius 2 is 0.568 bits per heavy atom. The van der Waals surface area contributed by atoms with E-state index in [0.717, 1.165) is 122 Å². The third-order valence-electron chi connectivity index (χ3n) is 16.3. The number of carboxylic acid groups (broad SMARTS) is 1. The molecule has 0 fully saturated rings. The van der Waals surface area contributed by atoms with E-state index in [2.05, 4.69) is 172 Å². The Bertz CT molecular complexity index is 2130. The van der Waals surface area contributed by atoms with Crippen LogP contribution in [0.25, 0.3) is 0 Å². The minimum absolute atomic E-state index is 0.182. The molecule has 0 heterocycles. The van der Waals surface area contributed by atoms with Crippen molar-refractivity contribution in [3.63, 3.8) is 0 Å². The van der Waals surface area contributed by atoms with Crippen LogP contribution >= 0.6 is 0 Å². The van der Waals surface area contributed by atoms with Gasteiger partial charge in [-0.05, 0) is 122 Å². The van der Waals surface area contributed by atoms with Gasteiger partial charge in [-0.1, -0.05) is 332 Å². The summed E-state index contributed by atoms with van der Waals surface area (Å²) in [5.74, 6) is -2.01. The molecule has 0 bridgehead atoms. The molecular weight excluding hydrogens is 1170 g/mol. The van der Waals surface area contributed by atoms with Crippen molar-refractivity contribution in [2.75, 3.05) is 47.5 Å². The molecule has 0 amide bonds. The van der Waals surface area contributed by atoms with Crippen LogP contribution in [0.4, 0.5) is 0 Å². The number of nitrogens with zero attached hydrogens (tertiary/aromatic N) is 1. The summed E-state index contributed by atoms with van der Waals surface area (Å²) >= 11 is 0. The van der Waals surface area contributed by atoms with Gasteiger partial charge < -0.3 is 28.5 Å². The molecule has 9 heteroatoms. The molecule has 0 aromatic carbocycles. The van der Waals surface area contributed by atoms with E-state index < -0.39 is 24.3 Å². The number of unbranched alkanes of at least 4 members (excludes halogenated alkanes) is 29. The third-order valence-corrected chi connectivity index (χ3v) is 16.3. The van der Waals surface area contributed by atoms with E-state index in [9.17, 15) is 19.5 Å². The van der Waals surface area contributed by atoms with Crippen LogP contribution in [0.2, 0.25) is 0 Å². The lowest BCUT2D eigenvalue weighted by molar-refractivity contribution is -0.870. The van der Waals surface area contributed by atoms with Gasteiger partial charge in [0.2, 0.25) is 0 Å². The van der Waals surface area contributed by atoms with Crippen molar-refractivity contribution in [1.82, 2.24) is 0 Å². The number of ether oxygens (including phenoxy) is 4. The fourth-order valence-corrected chi connectivity index (χ4v) is 10.5. The van der Waals surface area contributed by atoms with Crippen LogP contribution in [-0.4, -0.2) is 87.4 Å². The van der Waals surface area contributed by atoms with Crippen LogP contribution in [0.1, 0.15) is 309 Å². The summed E-state index contributed by atoms with van der Waals surface area (Å²) in [6.45, 7) is 4.66. The molecule has 0 rings (SSSR count). The predicted molar refractivity (Wildman–Crippen MR) is 410 cm³/mol. The number of aliphatic carboxylic acids is 1. The summed E-state index contributed by atoms with van der Waals surface area (Å²) in [5, 5.41) is 9.77. The van der Waals surface area contributed by atoms with E-state index in [0.29, 0.717) is 23.9 Å². The molecule has 540 valence electrons. The van der Waals surface area contributed by atoms with E-state index in [1.54, 1.807) is 0 Å². The van der Waals surface area contributed by atoms with E-state index in [1.807, 2.05) is 21.1 Å². The lowest BCUT2D eigenvalue weighted by atomic mass is 10.0. The molecule has 9 nitrogen and oxygen atoms in total. The second-order valence-corrected chi connectivity index (χ2v) is 26.6. The zero-order valence-electron chi connectivity index (χ0n) is 61.8. The zero-order chi connectivity index (χ0) is 69.0. The molecule has 0 radical (unpaired) electrons. The maximum absolute atomic E-state index is 13.0. The average molecular weight is 1320 g/mol. The van der Waals surface area contributed by atoms with Crippen molar-refractivity contribution < 1.29 is 42.9 Å². The Balaban J connectivity index is 4.09. The Kier molecular flexibility index (Phi) is 70.7. The number of quaternary nitrogens is 1. The normalized spacial score (nSPS) is 13.6. The van der Waals surface area contributed by atoms with Crippen LogP contribution in [-0.2, 0) is 33.3 Å². The smallest absolute Gasteiger partial charge is 0.361 e. The summed E-state index contributed by atoms with van der Waals surface area (Å²) in [6.07, 6.45) is 108. The van der Waals surface area contributed by atoms with Crippen molar-refractivity contribution in [1.29, 1.82) is 0 Å². The Labute approximate surface area is 584 Å². The molecule has 2 unspecified atom stereocenters. The Morgan fingerprint density at radius 1 is 0.316 bits per heavy atom. The number of rotatable bonds is 70. The fraction of sp³-hybridized carbons (Fsp3) is 0.663. The van der Waals surface area contributed by atoms with Gasteiger partial charge in [0.1, 0.15) is 13.2 Å². The first kappa shape index (κ1) is 89.9. The Hall–Kier alpha value is -5.09. The highest BCUT2D eigenvalue weighted by Gasteiger charge is 2.25. The van der Waals surface area contributed by atoms with E-state index in [1.165, 1.54) is 154 Å². The molecule has 0 saturated heterocycles. The summed E-state index contributed by atoms with van der Waals surface area (Å²) < 4.78 is 23.0. The van der Waals surface area contributed by atoms with Gasteiger partial charge in [0, 0.05) is 12.8 Å². The summed E-state index contributed by atoms with van der Waals surface area (Å²) in [6, 6.07) is 0. The van der Waals surface area contributed by atoms with Gasteiger partial charge in [0.05, 0.1) is 34.4 Å². The fourth-order valence-electron chi connectivity index (χ4n) is 10.5. The largest absolute Gasteiger partial charge is 0.477 e. The highest BCUT2D eigenvalue weighted by molar-refractivity contribution is 5.71. The van der Waals surface area contributed by atoms with Gasteiger partial charge in [-0.2, -0.15) is 0 Å². The quantitative estimate of drug-likeness (QED) is 0.0211. The summed E-state index contributed by atoms with van der Waals surface area (Å²) in [7, 11) is 5.98. The van der Waals surface area contributed by atoms with Crippen molar-refractivity contribution in [2.24, 2.45) is 0 Å². The van der Waals surface area contributed by atoms with E-state index in [4.69, 9.17) is 18.9 Å². The van der Waals surface area contributed by atoms with Crippen LogP contribution in [0.5, 0.6) is 0 Å². The number of carboxylic acids is 1. The molecular formula is C86H144NO8+. The monoisotopic (exact) mass is 1320 g/mol. The molecule has 0 aliphatic carbocycles. The molecule has 0 saturated carbocycles. The number of esters is 2.